The second-order valence-corrected chi connectivity index (χ2v) is 9.53. The van der Waals surface area contributed by atoms with Gasteiger partial charge in [-0.2, -0.15) is 0 Å². The Balaban J connectivity index is 0.00000320. The smallest absolute Gasteiger partial charge is 0.349 e. The first-order valence-electron chi connectivity index (χ1n) is 11.3. The lowest BCUT2D eigenvalue weighted by atomic mass is 10.0. The number of hydrogen-bond donors (Lipinski definition) is 0. The Morgan fingerprint density at radius 2 is 1.70 bits per heavy atom. The van der Waals surface area contributed by atoms with Crippen LogP contribution in [-0.2, 0) is 0 Å². The number of carbonyl (C=O) groups is 1. The third kappa shape index (κ3) is 4.85. The molecule has 0 bridgehead atoms. The number of methoxy groups -OCH3 is 2. The summed E-state index contributed by atoms with van der Waals surface area (Å²) >= 11 is 1.31. The molecular weight excluding hydrogens is 514 g/mol. The van der Waals surface area contributed by atoms with Crippen molar-refractivity contribution in [3.8, 4) is 11.5 Å². The second-order valence-electron chi connectivity index (χ2n) is 8.55. The highest BCUT2D eigenvalue weighted by Crippen LogP contribution is 2.40. The normalized spacial score (nSPS) is 11.2. The van der Waals surface area contributed by atoms with Crippen molar-refractivity contribution >= 4 is 66.7 Å². The molecule has 0 radical (unpaired) electrons. The van der Waals surface area contributed by atoms with Crippen LogP contribution in [0.15, 0.2) is 63.8 Å². The molecule has 10 heteroatoms. The zero-order chi connectivity index (χ0) is 25.4. The van der Waals surface area contributed by atoms with Gasteiger partial charge < -0.3 is 18.8 Å². The second kappa shape index (κ2) is 10.8. The highest BCUT2D eigenvalue weighted by Gasteiger charge is 2.26. The van der Waals surface area contributed by atoms with Crippen LogP contribution in [0.4, 0.5) is 5.13 Å². The number of benzene rings is 3. The molecule has 2 aromatic heterocycles. The predicted molar refractivity (Wildman–Crippen MR) is 150 cm³/mol. The molecular formula is C27H26ClN3O5S. The highest BCUT2D eigenvalue weighted by atomic mass is 35.5. The molecule has 5 aromatic rings. The fourth-order valence-electron chi connectivity index (χ4n) is 4.14. The first kappa shape index (κ1) is 26.4. The van der Waals surface area contributed by atoms with Crippen LogP contribution in [0, 0.1) is 0 Å². The number of hydrogen-bond acceptors (Lipinski definition) is 8. The van der Waals surface area contributed by atoms with Crippen LogP contribution in [0.1, 0.15) is 10.4 Å². The van der Waals surface area contributed by atoms with Gasteiger partial charge in [-0.15, -0.1) is 12.4 Å². The van der Waals surface area contributed by atoms with Crippen LogP contribution in [-0.4, -0.2) is 57.2 Å². The third-order valence-corrected chi connectivity index (χ3v) is 7.11. The van der Waals surface area contributed by atoms with E-state index in [1.165, 1.54) is 16.2 Å². The number of fused-ring (bicyclic) bond motifs is 4. The van der Waals surface area contributed by atoms with Crippen LogP contribution >= 0.6 is 23.7 Å². The fraction of sp³-hybridized carbons (Fsp3) is 0.222. The van der Waals surface area contributed by atoms with Crippen LogP contribution in [0.2, 0.25) is 0 Å². The van der Waals surface area contributed by atoms with E-state index in [4.69, 9.17) is 18.9 Å². The molecule has 1 amide bonds. The zero-order valence-electron chi connectivity index (χ0n) is 20.8. The Labute approximate surface area is 223 Å². The van der Waals surface area contributed by atoms with Gasteiger partial charge in [0.15, 0.2) is 5.13 Å². The van der Waals surface area contributed by atoms with Gasteiger partial charge in [0.25, 0.3) is 5.91 Å². The van der Waals surface area contributed by atoms with Gasteiger partial charge in [0.2, 0.25) is 0 Å². The number of aromatic nitrogens is 1. The summed E-state index contributed by atoms with van der Waals surface area (Å²) in [4.78, 5) is 35.1. The van der Waals surface area contributed by atoms with Crippen molar-refractivity contribution in [1.82, 2.24) is 9.88 Å². The fourth-order valence-corrected chi connectivity index (χ4v) is 5.24. The van der Waals surface area contributed by atoms with Gasteiger partial charge >= 0.3 is 5.63 Å². The summed E-state index contributed by atoms with van der Waals surface area (Å²) in [6.07, 6.45) is 0. The molecule has 37 heavy (non-hydrogen) atoms. The largest absolute Gasteiger partial charge is 0.495 e. The van der Waals surface area contributed by atoms with Crippen LogP contribution in [0.5, 0.6) is 11.5 Å². The van der Waals surface area contributed by atoms with E-state index >= 15 is 0 Å². The molecule has 2 heterocycles. The van der Waals surface area contributed by atoms with Gasteiger partial charge in [0.05, 0.1) is 14.2 Å². The molecule has 0 atom stereocenters. The number of halogens is 1. The molecule has 0 aliphatic carbocycles. The van der Waals surface area contributed by atoms with Gasteiger partial charge in [-0.25, -0.2) is 9.78 Å². The van der Waals surface area contributed by atoms with Crippen LogP contribution in [0.3, 0.4) is 0 Å². The molecule has 0 saturated carbocycles. The molecule has 0 saturated heterocycles. The Kier molecular flexibility index (Phi) is 7.68. The summed E-state index contributed by atoms with van der Waals surface area (Å²) in [5.74, 6) is 0.730. The highest BCUT2D eigenvalue weighted by molar-refractivity contribution is 7.22. The van der Waals surface area contributed by atoms with E-state index in [1.54, 1.807) is 38.5 Å². The number of rotatable bonds is 7. The van der Waals surface area contributed by atoms with E-state index in [0.717, 1.165) is 15.5 Å². The van der Waals surface area contributed by atoms with Gasteiger partial charge in [-0.05, 0) is 49.1 Å². The standard InChI is InChI=1S/C27H25N3O5S.ClH/c1-29(2)13-14-30(27-28-23-21(33-3)11-12-22(34-4)24(23)36-27)25(31)19-15-18-17-8-6-5-7-16(17)9-10-20(18)35-26(19)32;/h5-12,15H,13-14H2,1-4H3;1H. The first-order valence-corrected chi connectivity index (χ1v) is 12.2. The van der Waals surface area contributed by atoms with Crippen molar-refractivity contribution in [3.05, 3.63) is 70.6 Å². The van der Waals surface area contributed by atoms with E-state index in [1.807, 2.05) is 49.3 Å². The maximum Gasteiger partial charge on any atom is 0.349 e. The first-order chi connectivity index (χ1) is 17.4. The minimum atomic E-state index is -0.686. The number of carbonyl (C=O) groups excluding carboxylic acids is 1. The van der Waals surface area contributed by atoms with E-state index in [9.17, 15) is 9.59 Å². The zero-order valence-corrected chi connectivity index (χ0v) is 22.4. The maximum absolute atomic E-state index is 13.9. The lowest BCUT2D eigenvalue weighted by molar-refractivity contribution is 0.0982. The average Bonchev–Trinajstić information content (AvgIpc) is 3.32. The predicted octanol–water partition coefficient (Wildman–Crippen LogP) is 5.20. The van der Waals surface area contributed by atoms with E-state index < -0.39 is 11.5 Å². The molecule has 0 aliphatic heterocycles. The van der Waals surface area contributed by atoms with Gasteiger partial charge in [0, 0.05) is 18.5 Å². The Hall–Kier alpha value is -3.66. The van der Waals surface area contributed by atoms with E-state index in [-0.39, 0.29) is 18.0 Å². The summed E-state index contributed by atoms with van der Waals surface area (Å²) in [5, 5.41) is 3.04. The molecule has 192 valence electrons. The Morgan fingerprint density at radius 3 is 2.43 bits per heavy atom. The summed E-state index contributed by atoms with van der Waals surface area (Å²) < 4.78 is 17.3. The maximum atomic E-state index is 13.9. The summed E-state index contributed by atoms with van der Waals surface area (Å²) in [7, 11) is 6.99. The minimum Gasteiger partial charge on any atom is -0.495 e. The minimum absolute atomic E-state index is 0. The number of anilines is 1. The van der Waals surface area contributed by atoms with Crippen molar-refractivity contribution in [3.63, 3.8) is 0 Å². The molecule has 8 nitrogen and oxygen atoms in total. The molecule has 0 aliphatic rings. The summed E-state index contributed by atoms with van der Waals surface area (Å²) in [5.41, 5.74) is 0.297. The lowest BCUT2D eigenvalue weighted by Crippen LogP contribution is -2.38. The van der Waals surface area contributed by atoms with Gasteiger partial charge in [-0.3, -0.25) is 9.69 Å². The SMILES string of the molecule is COc1ccc(OC)c2sc(N(CCN(C)C)C(=O)c3cc4c(ccc5ccccc54)oc3=O)nc12.Cl. The monoisotopic (exact) mass is 539 g/mol. The van der Waals surface area contributed by atoms with Crippen LogP contribution < -0.4 is 20.0 Å². The molecule has 0 fully saturated rings. The number of likely N-dealkylation sites (N-methyl/N-ethyl adjacent to an activating group) is 1. The van der Waals surface area contributed by atoms with Crippen molar-refractivity contribution in [2.45, 2.75) is 0 Å². The van der Waals surface area contributed by atoms with Crippen molar-refractivity contribution in [1.29, 1.82) is 0 Å². The van der Waals surface area contributed by atoms with Crippen LogP contribution in [0.25, 0.3) is 32.0 Å². The Morgan fingerprint density at radius 1 is 0.973 bits per heavy atom. The van der Waals surface area contributed by atoms with Gasteiger partial charge in [-0.1, -0.05) is 41.7 Å². The number of ether oxygens (including phenoxy) is 2. The third-order valence-electron chi connectivity index (χ3n) is 6.02. The quantitative estimate of drug-likeness (QED) is 0.207. The number of thiazole rings is 1. The van der Waals surface area contributed by atoms with Gasteiger partial charge in [0.1, 0.15) is 32.9 Å². The molecule has 3 aromatic carbocycles. The topological polar surface area (TPSA) is 85.1 Å². The molecule has 0 spiro atoms. The number of amides is 1. The van der Waals surface area contributed by atoms with Crippen molar-refractivity contribution in [2.75, 3.05) is 46.3 Å². The number of nitrogens with zero attached hydrogens (tertiary/aromatic N) is 3. The molecule has 0 N–H and O–H groups in total. The summed E-state index contributed by atoms with van der Waals surface area (Å²) in [6.45, 7) is 0.890. The molecule has 0 unspecified atom stereocenters. The summed E-state index contributed by atoms with van der Waals surface area (Å²) in [6, 6.07) is 16.6. The van der Waals surface area contributed by atoms with E-state index in [2.05, 4.69) is 0 Å². The van der Waals surface area contributed by atoms with E-state index in [0.29, 0.717) is 46.2 Å². The Bertz CT molecular complexity index is 1620. The average molecular weight is 540 g/mol. The lowest BCUT2D eigenvalue weighted by Gasteiger charge is -2.21. The van der Waals surface area contributed by atoms with Crippen molar-refractivity contribution in [2.24, 2.45) is 0 Å². The molecule has 5 rings (SSSR count). The van der Waals surface area contributed by atoms with Crippen molar-refractivity contribution < 1.29 is 18.7 Å².